The molecule has 1 aliphatic rings. The molecule has 0 saturated heterocycles. The van der Waals surface area contributed by atoms with Gasteiger partial charge in [0.05, 0.1) is 30.1 Å². The second-order valence-corrected chi connectivity index (χ2v) is 6.44. The lowest BCUT2D eigenvalue weighted by Gasteiger charge is -2.12. The molecule has 4 rings (SSSR count). The van der Waals surface area contributed by atoms with E-state index in [2.05, 4.69) is 10.4 Å². The first-order chi connectivity index (χ1) is 13.2. The number of aromatic nitrogens is 2. The Balaban J connectivity index is 1.73. The summed E-state index contributed by atoms with van der Waals surface area (Å²) in [5.74, 6) is -0.616. The summed E-state index contributed by atoms with van der Waals surface area (Å²) in [5, 5.41) is 7.95. The van der Waals surface area contributed by atoms with Crippen LogP contribution in [0.3, 0.4) is 0 Å². The van der Waals surface area contributed by atoms with Gasteiger partial charge in [-0.15, -0.1) is 0 Å². The van der Waals surface area contributed by atoms with Gasteiger partial charge in [-0.3, -0.25) is 4.68 Å². The average Bonchev–Trinajstić information content (AvgIpc) is 3.24. The summed E-state index contributed by atoms with van der Waals surface area (Å²) in [4.78, 5) is 12.0. The van der Waals surface area contributed by atoms with Crippen LogP contribution in [0.4, 0.5) is 4.39 Å². The van der Waals surface area contributed by atoms with Crippen molar-refractivity contribution < 1.29 is 13.9 Å². The van der Waals surface area contributed by atoms with E-state index in [1.807, 2.05) is 22.9 Å². The minimum atomic E-state index is -0.346. The van der Waals surface area contributed by atoms with Crippen molar-refractivity contribution in [3.05, 3.63) is 76.7 Å². The smallest absolute Gasteiger partial charge is 0.338 e. The molecule has 138 valence electrons. The quantitative estimate of drug-likeness (QED) is 0.703. The van der Waals surface area contributed by atoms with Gasteiger partial charge >= 0.3 is 5.97 Å². The number of ether oxygens (including phenoxy) is 1. The lowest BCUT2D eigenvalue weighted by Crippen LogP contribution is -2.11. The second-order valence-electron chi connectivity index (χ2n) is 6.44. The van der Waals surface area contributed by atoms with E-state index in [1.54, 1.807) is 31.2 Å². The molecule has 5 nitrogen and oxygen atoms in total. The predicted octanol–water partition coefficient (Wildman–Crippen LogP) is 3.52. The van der Waals surface area contributed by atoms with Gasteiger partial charge in [0.2, 0.25) is 0 Å². The number of hydrogen-bond donors (Lipinski definition) is 1. The molecule has 0 radical (unpaired) electrons. The summed E-state index contributed by atoms with van der Waals surface area (Å²) < 4.78 is 21.4. The standard InChI is InChI=1S/C21H20FN3O2/c1-2-27-21(26)15-7-5-6-14(10-15)13-25-20(16-8-3-4-9-18(16)22)17-11-23-12-19(17)24-25/h3-10,23H,2,11-13H2,1H3. The van der Waals surface area contributed by atoms with Crippen LogP contribution >= 0.6 is 0 Å². The first-order valence-electron chi connectivity index (χ1n) is 8.97. The largest absolute Gasteiger partial charge is 0.462 e. The van der Waals surface area contributed by atoms with Crippen molar-refractivity contribution in [2.45, 2.75) is 26.6 Å². The third-order valence-corrected chi connectivity index (χ3v) is 4.63. The Bertz CT molecular complexity index is 997. The molecule has 27 heavy (non-hydrogen) atoms. The Morgan fingerprint density at radius 2 is 2.07 bits per heavy atom. The van der Waals surface area contributed by atoms with Crippen molar-refractivity contribution in [2.75, 3.05) is 6.61 Å². The van der Waals surface area contributed by atoms with Crippen molar-refractivity contribution in [3.8, 4) is 11.3 Å². The molecular weight excluding hydrogens is 345 g/mol. The predicted molar refractivity (Wildman–Crippen MR) is 99.7 cm³/mol. The summed E-state index contributed by atoms with van der Waals surface area (Å²) in [6, 6.07) is 14.0. The van der Waals surface area contributed by atoms with Crippen LogP contribution < -0.4 is 5.32 Å². The summed E-state index contributed by atoms with van der Waals surface area (Å²) in [6.07, 6.45) is 0. The molecule has 0 atom stereocenters. The highest BCUT2D eigenvalue weighted by Crippen LogP contribution is 2.31. The van der Waals surface area contributed by atoms with Crippen LogP contribution in [-0.2, 0) is 24.4 Å². The number of benzene rings is 2. The molecule has 0 spiro atoms. The van der Waals surface area contributed by atoms with Crippen LogP contribution in [0.1, 0.15) is 34.1 Å². The maximum absolute atomic E-state index is 14.5. The average molecular weight is 365 g/mol. The highest BCUT2D eigenvalue weighted by Gasteiger charge is 2.24. The van der Waals surface area contributed by atoms with Gasteiger partial charge in [-0.2, -0.15) is 5.10 Å². The number of esters is 1. The molecule has 0 amide bonds. The summed E-state index contributed by atoms with van der Waals surface area (Å²) in [6.45, 7) is 3.90. The lowest BCUT2D eigenvalue weighted by atomic mass is 10.1. The van der Waals surface area contributed by atoms with Gasteiger partial charge in [-0.05, 0) is 36.8 Å². The second kappa shape index (κ2) is 7.32. The minimum Gasteiger partial charge on any atom is -0.462 e. The number of carbonyl (C=O) groups excluding carboxylic acids is 1. The first-order valence-corrected chi connectivity index (χ1v) is 8.97. The van der Waals surface area contributed by atoms with Crippen LogP contribution in [0.25, 0.3) is 11.3 Å². The molecule has 6 heteroatoms. The third-order valence-electron chi connectivity index (χ3n) is 4.63. The van der Waals surface area contributed by atoms with E-state index in [9.17, 15) is 9.18 Å². The Kier molecular flexibility index (Phi) is 4.73. The van der Waals surface area contributed by atoms with E-state index in [-0.39, 0.29) is 11.8 Å². The molecule has 0 unspecified atom stereocenters. The molecule has 1 N–H and O–H groups in total. The van der Waals surface area contributed by atoms with Crippen molar-refractivity contribution in [1.82, 2.24) is 15.1 Å². The lowest BCUT2D eigenvalue weighted by molar-refractivity contribution is 0.0526. The van der Waals surface area contributed by atoms with E-state index in [0.29, 0.717) is 37.4 Å². The van der Waals surface area contributed by atoms with E-state index in [1.165, 1.54) is 6.07 Å². The summed E-state index contributed by atoms with van der Waals surface area (Å²) >= 11 is 0. The number of nitrogens with one attached hydrogen (secondary N) is 1. The molecular formula is C21H20FN3O2. The molecule has 0 aliphatic carbocycles. The maximum Gasteiger partial charge on any atom is 0.338 e. The van der Waals surface area contributed by atoms with Gasteiger partial charge in [0.15, 0.2) is 0 Å². The van der Waals surface area contributed by atoms with E-state index in [4.69, 9.17) is 4.74 Å². The molecule has 0 fully saturated rings. The maximum atomic E-state index is 14.5. The topological polar surface area (TPSA) is 56.2 Å². The van der Waals surface area contributed by atoms with Gasteiger partial charge in [-0.25, -0.2) is 9.18 Å². The normalized spacial score (nSPS) is 12.8. The SMILES string of the molecule is CCOC(=O)c1cccc(Cn2nc3c(c2-c2ccccc2F)CNC3)c1. The fourth-order valence-corrected chi connectivity index (χ4v) is 3.44. The van der Waals surface area contributed by atoms with Crippen LogP contribution in [0.2, 0.25) is 0 Å². The van der Waals surface area contributed by atoms with Crippen LogP contribution in [0.5, 0.6) is 0 Å². The number of rotatable bonds is 5. The van der Waals surface area contributed by atoms with Crippen molar-refractivity contribution in [1.29, 1.82) is 0 Å². The third kappa shape index (κ3) is 3.36. The number of fused-ring (bicyclic) bond motifs is 1. The van der Waals surface area contributed by atoms with Crippen LogP contribution in [-0.4, -0.2) is 22.4 Å². The highest BCUT2D eigenvalue weighted by atomic mass is 19.1. The molecule has 0 saturated carbocycles. The minimum absolute atomic E-state index is 0.270. The molecule has 0 bridgehead atoms. The van der Waals surface area contributed by atoms with Gasteiger partial charge < -0.3 is 10.1 Å². The molecule has 2 aromatic carbocycles. The molecule has 3 aromatic rings. The monoisotopic (exact) mass is 365 g/mol. The molecule has 1 aromatic heterocycles. The van der Waals surface area contributed by atoms with Gasteiger partial charge in [-0.1, -0.05) is 24.3 Å². The summed E-state index contributed by atoms with van der Waals surface area (Å²) in [5.41, 5.74) is 4.71. The van der Waals surface area contributed by atoms with Gasteiger partial charge in [0.25, 0.3) is 0 Å². The van der Waals surface area contributed by atoms with E-state index < -0.39 is 0 Å². The van der Waals surface area contributed by atoms with Crippen LogP contribution in [0, 0.1) is 5.82 Å². The van der Waals surface area contributed by atoms with Gasteiger partial charge in [0, 0.05) is 24.2 Å². The van der Waals surface area contributed by atoms with Gasteiger partial charge in [0.1, 0.15) is 5.82 Å². The first kappa shape index (κ1) is 17.4. The summed E-state index contributed by atoms with van der Waals surface area (Å²) in [7, 11) is 0. The van der Waals surface area contributed by atoms with Crippen molar-refractivity contribution in [3.63, 3.8) is 0 Å². The molecule has 2 heterocycles. The van der Waals surface area contributed by atoms with E-state index >= 15 is 0 Å². The van der Waals surface area contributed by atoms with Crippen molar-refractivity contribution in [2.24, 2.45) is 0 Å². The number of nitrogens with zero attached hydrogens (tertiary/aromatic N) is 2. The number of halogens is 1. The Morgan fingerprint density at radius 3 is 2.89 bits per heavy atom. The number of hydrogen-bond acceptors (Lipinski definition) is 4. The highest BCUT2D eigenvalue weighted by molar-refractivity contribution is 5.89. The zero-order valence-electron chi connectivity index (χ0n) is 15.0. The number of carbonyl (C=O) groups is 1. The Labute approximate surface area is 156 Å². The zero-order chi connectivity index (χ0) is 18.8. The van der Waals surface area contributed by atoms with Crippen LogP contribution in [0.15, 0.2) is 48.5 Å². The Hall–Kier alpha value is -2.99. The Morgan fingerprint density at radius 1 is 1.22 bits per heavy atom. The fourth-order valence-electron chi connectivity index (χ4n) is 3.44. The van der Waals surface area contributed by atoms with E-state index in [0.717, 1.165) is 22.5 Å². The zero-order valence-corrected chi connectivity index (χ0v) is 15.0. The van der Waals surface area contributed by atoms with Crippen molar-refractivity contribution >= 4 is 5.97 Å². The fraction of sp³-hybridized carbons (Fsp3) is 0.238. The molecule has 1 aliphatic heterocycles.